The van der Waals surface area contributed by atoms with E-state index in [-0.39, 0.29) is 7.92 Å². The van der Waals surface area contributed by atoms with E-state index in [1.165, 1.54) is 0 Å². The zero-order valence-corrected chi connectivity index (χ0v) is 16.5. The molecule has 0 rings (SSSR count). The van der Waals surface area contributed by atoms with Crippen molar-refractivity contribution in [1.29, 1.82) is 0 Å². The molecule has 17 heavy (non-hydrogen) atoms. The van der Waals surface area contributed by atoms with Gasteiger partial charge in [0.15, 0.2) is 0 Å². The first-order valence-electron chi connectivity index (χ1n) is 6.91. The summed E-state index contributed by atoms with van der Waals surface area (Å²) in [6.07, 6.45) is 0. The Balaban J connectivity index is 4.99. The van der Waals surface area contributed by atoms with Gasteiger partial charge in [-0.2, -0.15) is 0 Å². The van der Waals surface area contributed by atoms with Crippen molar-refractivity contribution >= 4 is 22.6 Å². The molecular weight excluding hydrogens is 286 g/mol. The fourth-order valence-electron chi connectivity index (χ4n) is 2.52. The molecule has 0 saturated heterocycles. The normalized spacial score (nSPS) is 14.5. The third-order valence-corrected chi connectivity index (χ3v) is 17.1. The minimum atomic E-state index is -0.830. The van der Waals surface area contributed by atoms with Gasteiger partial charge in [-0.1, -0.05) is 0 Å². The van der Waals surface area contributed by atoms with Crippen LogP contribution in [0.2, 0.25) is 8.41 Å². The minimum absolute atomic E-state index is 0.218. The second kappa shape index (κ2) is 6.43. The summed E-state index contributed by atoms with van der Waals surface area (Å²) < 4.78 is 1.13. The first-order chi connectivity index (χ1) is 7.37. The van der Waals surface area contributed by atoms with Crippen LogP contribution in [-0.2, 0) is 0 Å². The Labute approximate surface area is 116 Å². The maximum absolute atomic E-state index is 2.48. The number of hydrogen-bond acceptors (Lipinski definition) is 0. The Morgan fingerprint density at radius 3 is 1.24 bits per heavy atom. The van der Waals surface area contributed by atoms with E-state index < -0.39 is 14.7 Å². The van der Waals surface area contributed by atoms with Crippen LogP contribution in [-0.4, -0.2) is 30.9 Å². The van der Waals surface area contributed by atoms with Crippen LogP contribution in [0.3, 0.4) is 0 Å². The molecule has 0 radical (unpaired) electrons. The summed E-state index contributed by atoms with van der Waals surface area (Å²) in [6, 6.07) is 0. The van der Waals surface area contributed by atoms with E-state index in [9.17, 15) is 0 Å². The van der Waals surface area contributed by atoms with Crippen molar-refractivity contribution in [3.8, 4) is 0 Å². The van der Waals surface area contributed by atoms with Gasteiger partial charge in [0, 0.05) is 0 Å². The predicted octanol–water partition coefficient (Wildman–Crippen LogP) is 5.92. The van der Waals surface area contributed by atoms with Crippen LogP contribution in [0.25, 0.3) is 0 Å². The van der Waals surface area contributed by atoms with Gasteiger partial charge in [0.2, 0.25) is 0 Å². The molecule has 0 aliphatic rings. The Bertz CT molecular complexity index is 198. The summed E-state index contributed by atoms with van der Waals surface area (Å²) in [6.45, 7) is 24.6. The second-order valence-electron chi connectivity index (χ2n) is 7.61. The summed E-state index contributed by atoms with van der Waals surface area (Å²) >= 11 is -0.830. The van der Waals surface area contributed by atoms with E-state index in [1.807, 2.05) is 0 Å². The molecule has 0 atom stereocenters. The molecule has 0 N–H and O–H groups in total. The van der Waals surface area contributed by atoms with Gasteiger partial charge in [-0.05, 0) is 0 Å². The van der Waals surface area contributed by atoms with Crippen molar-refractivity contribution in [2.75, 3.05) is 4.95 Å². The third-order valence-electron chi connectivity index (χ3n) is 3.25. The summed E-state index contributed by atoms with van der Waals surface area (Å²) in [5, 5.41) is 0. The topological polar surface area (TPSA) is 0 Å². The van der Waals surface area contributed by atoms with Gasteiger partial charge in [-0.25, -0.2) is 0 Å². The Morgan fingerprint density at radius 2 is 1.06 bits per heavy atom. The van der Waals surface area contributed by atoms with Crippen LogP contribution in [0.1, 0.15) is 69.2 Å². The van der Waals surface area contributed by atoms with Gasteiger partial charge < -0.3 is 0 Å². The van der Waals surface area contributed by atoms with Crippen LogP contribution >= 0.6 is 7.92 Å². The van der Waals surface area contributed by atoms with E-state index in [4.69, 9.17) is 0 Å². The molecule has 104 valence electrons. The number of hydrogen-bond donors (Lipinski definition) is 0. The standard InChI is InChI=1S/C15H34AsP/c1-12(2)17(13(3)4)11-16(14(5,6)7)15(8,9)10/h12-13H,11H2,1-10H3. The van der Waals surface area contributed by atoms with Gasteiger partial charge in [-0.15, -0.1) is 0 Å². The Morgan fingerprint density at radius 1 is 0.765 bits per heavy atom. The van der Waals surface area contributed by atoms with Gasteiger partial charge >= 0.3 is 116 Å². The second-order valence-corrected chi connectivity index (χ2v) is 20.2. The van der Waals surface area contributed by atoms with Crippen molar-refractivity contribution in [2.24, 2.45) is 0 Å². The van der Waals surface area contributed by atoms with Crippen LogP contribution in [0.5, 0.6) is 0 Å². The van der Waals surface area contributed by atoms with Gasteiger partial charge in [0.1, 0.15) is 0 Å². The molecule has 0 saturated carbocycles. The van der Waals surface area contributed by atoms with E-state index in [2.05, 4.69) is 69.2 Å². The monoisotopic (exact) mass is 320 g/mol. The van der Waals surface area contributed by atoms with Gasteiger partial charge in [0.25, 0.3) is 0 Å². The Hall–Kier alpha value is 0.988. The summed E-state index contributed by atoms with van der Waals surface area (Å²) in [4.78, 5) is 1.57. The molecule has 0 unspecified atom stereocenters. The third kappa shape index (κ3) is 6.11. The van der Waals surface area contributed by atoms with Crippen LogP contribution in [0, 0.1) is 0 Å². The van der Waals surface area contributed by atoms with Crippen molar-refractivity contribution in [2.45, 2.75) is 89.0 Å². The summed E-state index contributed by atoms with van der Waals surface area (Å²) in [7, 11) is 0.218. The molecule has 0 spiro atoms. The van der Waals surface area contributed by atoms with Crippen LogP contribution < -0.4 is 0 Å². The zero-order valence-electron chi connectivity index (χ0n) is 13.8. The van der Waals surface area contributed by atoms with Crippen molar-refractivity contribution in [3.05, 3.63) is 0 Å². The maximum atomic E-state index is 2.48. The summed E-state index contributed by atoms with van der Waals surface area (Å²) in [5.41, 5.74) is 1.79. The predicted molar refractivity (Wildman–Crippen MR) is 87.2 cm³/mol. The fourth-order valence-corrected chi connectivity index (χ4v) is 21.3. The average Bonchev–Trinajstić information content (AvgIpc) is 1.96. The van der Waals surface area contributed by atoms with Crippen molar-refractivity contribution in [3.63, 3.8) is 0 Å². The molecular formula is C15H34AsP. The van der Waals surface area contributed by atoms with Gasteiger partial charge in [-0.3, -0.25) is 0 Å². The molecule has 0 aliphatic carbocycles. The molecule has 0 aliphatic heterocycles. The van der Waals surface area contributed by atoms with Crippen molar-refractivity contribution < 1.29 is 0 Å². The zero-order chi connectivity index (χ0) is 14.0. The molecule has 0 aromatic carbocycles. The first kappa shape index (κ1) is 18.0. The molecule has 0 nitrogen and oxygen atoms in total. The molecule has 0 aromatic rings. The summed E-state index contributed by atoms with van der Waals surface area (Å²) in [5.74, 6) is 0. The van der Waals surface area contributed by atoms with E-state index in [0.717, 1.165) is 11.3 Å². The molecule has 0 fully saturated rings. The quantitative estimate of drug-likeness (QED) is 0.445. The molecule has 0 heterocycles. The molecule has 2 heteroatoms. The van der Waals surface area contributed by atoms with Crippen LogP contribution in [0.4, 0.5) is 0 Å². The molecule has 0 bridgehead atoms. The number of rotatable bonds is 4. The molecule has 0 aromatic heterocycles. The van der Waals surface area contributed by atoms with Gasteiger partial charge in [0.05, 0.1) is 0 Å². The van der Waals surface area contributed by atoms with E-state index in [0.29, 0.717) is 8.41 Å². The fraction of sp³-hybridized carbons (Fsp3) is 1.00. The van der Waals surface area contributed by atoms with E-state index in [1.54, 1.807) is 4.95 Å². The van der Waals surface area contributed by atoms with E-state index >= 15 is 0 Å². The first-order valence-corrected chi connectivity index (χ1v) is 11.8. The SMILES string of the molecule is CC(C)P(C[As](C(C)(C)C)C(C)(C)C)C(C)C. The van der Waals surface area contributed by atoms with Crippen molar-refractivity contribution in [1.82, 2.24) is 0 Å². The average molecular weight is 320 g/mol. The molecule has 0 amide bonds. The van der Waals surface area contributed by atoms with Crippen LogP contribution in [0.15, 0.2) is 0 Å². The Kier molecular flexibility index (Phi) is 6.80.